The largest absolute Gasteiger partial charge is 0.274 e. The lowest BCUT2D eigenvalue weighted by Gasteiger charge is -2.32. The molecule has 2 aromatic rings. The van der Waals surface area contributed by atoms with Gasteiger partial charge < -0.3 is 0 Å². The zero-order chi connectivity index (χ0) is 22.3. The van der Waals surface area contributed by atoms with E-state index in [0.29, 0.717) is 41.8 Å². The predicted octanol–water partition coefficient (Wildman–Crippen LogP) is 4.02. The Balaban J connectivity index is 1.35. The average molecular weight is 418 g/mol. The molecule has 0 N–H and O–H groups in total. The Kier molecular flexibility index (Phi) is 5.25. The van der Waals surface area contributed by atoms with Gasteiger partial charge in [0.15, 0.2) is 0 Å². The van der Waals surface area contributed by atoms with Crippen LogP contribution < -0.4 is 0 Å². The molecule has 31 heavy (non-hydrogen) atoms. The third-order valence-corrected chi connectivity index (χ3v) is 6.09. The van der Waals surface area contributed by atoms with Crippen molar-refractivity contribution >= 4 is 23.6 Å². The fraction of sp³-hybridized carbons (Fsp3) is 0.360. The van der Waals surface area contributed by atoms with E-state index in [1.165, 1.54) is 9.80 Å². The van der Waals surface area contributed by atoms with Gasteiger partial charge in [0.25, 0.3) is 23.6 Å². The van der Waals surface area contributed by atoms with Crippen LogP contribution in [0.2, 0.25) is 0 Å². The van der Waals surface area contributed by atoms with E-state index < -0.39 is 0 Å². The number of imide groups is 2. The van der Waals surface area contributed by atoms with Gasteiger partial charge in [0.1, 0.15) is 0 Å². The molecule has 2 aliphatic heterocycles. The molecule has 0 fully saturated rings. The molecule has 2 aromatic carbocycles. The van der Waals surface area contributed by atoms with Crippen LogP contribution in [0.25, 0.3) is 0 Å². The number of fused-ring (bicyclic) bond motifs is 2. The minimum Gasteiger partial charge on any atom is -0.274 e. The number of carbonyl (C=O) groups excluding carboxylic acids is 4. The van der Waals surface area contributed by atoms with Gasteiger partial charge in [0, 0.05) is 13.1 Å². The van der Waals surface area contributed by atoms with Gasteiger partial charge in [0.05, 0.1) is 22.3 Å². The van der Waals surface area contributed by atoms with Crippen molar-refractivity contribution in [2.24, 2.45) is 11.3 Å². The molecule has 0 saturated heterocycles. The van der Waals surface area contributed by atoms with Gasteiger partial charge in [-0.15, -0.1) is 0 Å². The highest BCUT2D eigenvalue weighted by atomic mass is 16.2. The summed E-state index contributed by atoms with van der Waals surface area (Å²) in [7, 11) is 0. The highest BCUT2D eigenvalue weighted by Gasteiger charge is 2.39. The van der Waals surface area contributed by atoms with E-state index in [0.717, 1.165) is 6.42 Å². The topological polar surface area (TPSA) is 74.8 Å². The van der Waals surface area contributed by atoms with Crippen molar-refractivity contribution in [2.75, 3.05) is 13.1 Å². The molecule has 1 atom stereocenters. The number of amides is 4. The van der Waals surface area contributed by atoms with Crippen molar-refractivity contribution in [3.63, 3.8) is 0 Å². The zero-order valence-electron chi connectivity index (χ0n) is 18.1. The second kappa shape index (κ2) is 7.76. The third-order valence-electron chi connectivity index (χ3n) is 6.09. The molecule has 1 unspecified atom stereocenters. The SMILES string of the molecule is CC(CCN1C(=O)c2ccccc2C1=O)CC(C)(C)CN1C(=O)c2ccccc2C1=O. The van der Waals surface area contributed by atoms with Gasteiger partial charge in [-0.05, 0) is 48.4 Å². The van der Waals surface area contributed by atoms with Crippen molar-refractivity contribution in [2.45, 2.75) is 33.6 Å². The quantitative estimate of drug-likeness (QED) is 0.637. The average Bonchev–Trinajstić information content (AvgIpc) is 3.12. The smallest absolute Gasteiger partial charge is 0.261 e. The summed E-state index contributed by atoms with van der Waals surface area (Å²) in [5, 5.41) is 0. The van der Waals surface area contributed by atoms with Gasteiger partial charge >= 0.3 is 0 Å². The van der Waals surface area contributed by atoms with Crippen LogP contribution in [0.4, 0.5) is 0 Å². The minimum absolute atomic E-state index is 0.203. The van der Waals surface area contributed by atoms with Crippen molar-refractivity contribution in [3.05, 3.63) is 70.8 Å². The third kappa shape index (κ3) is 3.78. The van der Waals surface area contributed by atoms with Crippen LogP contribution in [0.3, 0.4) is 0 Å². The molecule has 4 rings (SSSR count). The Labute approximate surface area is 181 Å². The van der Waals surface area contributed by atoms with Gasteiger partial charge in [-0.25, -0.2) is 0 Å². The Morgan fingerprint density at radius 1 is 0.710 bits per heavy atom. The van der Waals surface area contributed by atoms with Gasteiger partial charge in [-0.2, -0.15) is 0 Å². The van der Waals surface area contributed by atoms with Crippen LogP contribution >= 0.6 is 0 Å². The lowest BCUT2D eigenvalue weighted by molar-refractivity contribution is 0.0556. The summed E-state index contributed by atoms with van der Waals surface area (Å²) < 4.78 is 0. The Morgan fingerprint density at radius 2 is 1.10 bits per heavy atom. The molecule has 0 spiro atoms. The van der Waals surface area contributed by atoms with Crippen LogP contribution in [-0.2, 0) is 0 Å². The molecule has 6 heteroatoms. The van der Waals surface area contributed by atoms with Crippen LogP contribution in [0.5, 0.6) is 0 Å². The first kappa shape index (κ1) is 21.0. The lowest BCUT2D eigenvalue weighted by Crippen LogP contribution is -2.39. The summed E-state index contributed by atoms with van der Waals surface area (Å²) in [6, 6.07) is 13.8. The monoisotopic (exact) mass is 418 g/mol. The van der Waals surface area contributed by atoms with E-state index in [1.807, 2.05) is 13.8 Å². The Morgan fingerprint density at radius 3 is 1.52 bits per heavy atom. The predicted molar refractivity (Wildman–Crippen MR) is 116 cm³/mol. The molecule has 4 amide bonds. The van der Waals surface area contributed by atoms with E-state index >= 15 is 0 Å². The number of carbonyl (C=O) groups is 4. The molecular formula is C25H26N2O4. The summed E-state index contributed by atoms with van der Waals surface area (Å²) in [5.74, 6) is -0.759. The second-order valence-electron chi connectivity index (χ2n) is 9.31. The first-order chi connectivity index (χ1) is 14.7. The van der Waals surface area contributed by atoms with Crippen LogP contribution in [0.1, 0.15) is 75.0 Å². The summed E-state index contributed by atoms with van der Waals surface area (Å²) in [5.41, 5.74) is 1.55. The van der Waals surface area contributed by atoms with Crippen LogP contribution in [0.15, 0.2) is 48.5 Å². The standard InChI is InChI=1S/C25H26N2O4/c1-16(12-13-26-21(28)17-8-4-5-9-18(17)22(26)29)14-25(2,3)15-27-23(30)19-10-6-7-11-20(19)24(27)31/h4-11,16H,12-15H2,1-3H3. The molecule has 2 aliphatic rings. The van der Waals surface area contributed by atoms with E-state index in [1.54, 1.807) is 48.5 Å². The van der Waals surface area contributed by atoms with E-state index in [9.17, 15) is 19.2 Å². The number of hydrogen-bond acceptors (Lipinski definition) is 4. The fourth-order valence-electron chi connectivity index (χ4n) is 4.71. The lowest BCUT2D eigenvalue weighted by atomic mass is 9.81. The van der Waals surface area contributed by atoms with E-state index in [2.05, 4.69) is 6.92 Å². The minimum atomic E-state index is -0.297. The van der Waals surface area contributed by atoms with Gasteiger partial charge in [-0.1, -0.05) is 45.0 Å². The second-order valence-corrected chi connectivity index (χ2v) is 9.31. The fourth-order valence-corrected chi connectivity index (χ4v) is 4.71. The highest BCUT2D eigenvalue weighted by molar-refractivity contribution is 6.22. The summed E-state index contributed by atoms with van der Waals surface area (Å²) in [6.07, 6.45) is 1.42. The molecule has 2 heterocycles. The Hall–Kier alpha value is -3.28. The van der Waals surface area contributed by atoms with E-state index in [4.69, 9.17) is 0 Å². The first-order valence-corrected chi connectivity index (χ1v) is 10.6. The zero-order valence-corrected chi connectivity index (χ0v) is 18.1. The summed E-state index contributed by atoms with van der Waals surface area (Å²) >= 11 is 0. The van der Waals surface area contributed by atoms with Gasteiger partial charge in [0.2, 0.25) is 0 Å². The van der Waals surface area contributed by atoms with E-state index in [-0.39, 0.29) is 35.0 Å². The molecule has 0 saturated carbocycles. The molecular weight excluding hydrogens is 392 g/mol. The summed E-state index contributed by atoms with van der Waals surface area (Å²) in [6.45, 7) is 6.83. The first-order valence-electron chi connectivity index (χ1n) is 10.6. The van der Waals surface area contributed by atoms with Crippen LogP contribution in [0, 0.1) is 11.3 Å². The maximum absolute atomic E-state index is 12.7. The maximum atomic E-state index is 12.7. The molecule has 6 nitrogen and oxygen atoms in total. The maximum Gasteiger partial charge on any atom is 0.261 e. The normalized spacial score (nSPS) is 16.7. The Bertz CT molecular complexity index is 1020. The molecule has 0 aromatic heterocycles. The van der Waals surface area contributed by atoms with Crippen LogP contribution in [-0.4, -0.2) is 46.5 Å². The molecule has 0 bridgehead atoms. The number of benzene rings is 2. The molecule has 160 valence electrons. The van der Waals surface area contributed by atoms with Crippen molar-refractivity contribution in [1.82, 2.24) is 9.80 Å². The van der Waals surface area contributed by atoms with Crippen molar-refractivity contribution in [1.29, 1.82) is 0 Å². The number of nitrogens with zero attached hydrogens (tertiary/aromatic N) is 2. The van der Waals surface area contributed by atoms with Crippen molar-refractivity contribution < 1.29 is 19.2 Å². The summed E-state index contributed by atoms with van der Waals surface area (Å²) in [4.78, 5) is 53.1. The number of rotatable bonds is 7. The molecule has 0 aliphatic carbocycles. The molecule has 0 radical (unpaired) electrons. The van der Waals surface area contributed by atoms with Crippen molar-refractivity contribution in [3.8, 4) is 0 Å². The highest BCUT2D eigenvalue weighted by Crippen LogP contribution is 2.32. The van der Waals surface area contributed by atoms with Gasteiger partial charge in [-0.3, -0.25) is 29.0 Å². The number of hydrogen-bond donors (Lipinski definition) is 0.